The number of benzene rings is 2. The van der Waals surface area contributed by atoms with Gasteiger partial charge < -0.3 is 14.2 Å². The number of rotatable bonds is 0. The smallest absolute Gasteiger partial charge is 0.284 e. The van der Waals surface area contributed by atoms with Gasteiger partial charge in [0, 0.05) is 6.42 Å². The molecule has 2 aromatic rings. The van der Waals surface area contributed by atoms with E-state index in [0.29, 0.717) is 11.5 Å². The van der Waals surface area contributed by atoms with Crippen molar-refractivity contribution in [3.05, 3.63) is 48.6 Å². The maximum absolute atomic E-state index is 12.5. The zero-order valence-corrected chi connectivity index (χ0v) is 13.2. The number of Topliss-reactive ketones (excluding diaryl/α,β-unsaturated/α-hetero) is 1. The molecule has 2 heterocycles. The van der Waals surface area contributed by atoms with E-state index in [-0.39, 0.29) is 24.1 Å². The highest BCUT2D eigenvalue weighted by Gasteiger charge is 2.70. The summed E-state index contributed by atoms with van der Waals surface area (Å²) in [5.74, 6) is -1.18. The Kier molecular flexibility index (Phi) is 2.34. The molecule has 25 heavy (non-hydrogen) atoms. The lowest BCUT2D eigenvalue weighted by molar-refractivity contribution is -0.201. The van der Waals surface area contributed by atoms with Crippen LogP contribution in [-0.2, 0) is 14.3 Å². The van der Waals surface area contributed by atoms with Gasteiger partial charge in [0.1, 0.15) is 23.4 Å². The number of ether oxygens (including phenoxy) is 3. The Morgan fingerprint density at radius 2 is 1.72 bits per heavy atom. The van der Waals surface area contributed by atoms with Gasteiger partial charge in [0.25, 0.3) is 5.79 Å². The summed E-state index contributed by atoms with van der Waals surface area (Å²) in [6.45, 7) is 0. The van der Waals surface area contributed by atoms with Gasteiger partial charge in [-0.25, -0.2) is 0 Å². The third kappa shape index (κ3) is 1.53. The highest BCUT2D eigenvalue weighted by atomic mass is 16.7. The van der Waals surface area contributed by atoms with Crippen molar-refractivity contribution in [2.45, 2.75) is 24.4 Å². The van der Waals surface area contributed by atoms with E-state index in [0.717, 1.165) is 10.8 Å². The molecule has 4 aliphatic rings. The molecule has 2 aliphatic heterocycles. The van der Waals surface area contributed by atoms with Crippen LogP contribution in [0.1, 0.15) is 6.42 Å². The molecule has 1 saturated heterocycles. The first kappa shape index (κ1) is 13.6. The average Bonchev–Trinajstić information content (AvgIpc) is 2.81. The van der Waals surface area contributed by atoms with Crippen molar-refractivity contribution < 1.29 is 23.8 Å². The molecule has 0 radical (unpaired) electrons. The Labute approximate surface area is 143 Å². The molecular formula is C20H14O5. The molecule has 2 fully saturated rings. The van der Waals surface area contributed by atoms with E-state index in [4.69, 9.17) is 14.2 Å². The molecule has 4 atom stereocenters. The molecule has 0 amide bonds. The molecule has 6 rings (SSSR count). The van der Waals surface area contributed by atoms with Gasteiger partial charge in [0.05, 0.1) is 23.3 Å². The second kappa shape index (κ2) is 4.29. The summed E-state index contributed by atoms with van der Waals surface area (Å²) in [5, 5.41) is 1.94. The van der Waals surface area contributed by atoms with Crippen LogP contribution < -0.4 is 9.47 Å². The first-order valence-electron chi connectivity index (χ1n) is 8.47. The predicted molar refractivity (Wildman–Crippen MR) is 87.3 cm³/mol. The topological polar surface area (TPSA) is 61.8 Å². The van der Waals surface area contributed by atoms with Crippen molar-refractivity contribution in [1.29, 1.82) is 0 Å². The van der Waals surface area contributed by atoms with Crippen LogP contribution in [0.2, 0.25) is 0 Å². The van der Waals surface area contributed by atoms with Gasteiger partial charge >= 0.3 is 0 Å². The Hall–Kier alpha value is -2.66. The number of ketones is 2. The van der Waals surface area contributed by atoms with E-state index >= 15 is 0 Å². The van der Waals surface area contributed by atoms with E-state index in [1.807, 2.05) is 36.4 Å². The zero-order chi connectivity index (χ0) is 16.8. The molecule has 2 aromatic carbocycles. The number of allylic oxidation sites excluding steroid dienone is 1. The molecule has 1 unspecified atom stereocenters. The first-order chi connectivity index (χ1) is 12.2. The van der Waals surface area contributed by atoms with Crippen molar-refractivity contribution in [1.82, 2.24) is 0 Å². The van der Waals surface area contributed by atoms with Crippen molar-refractivity contribution in [2.75, 3.05) is 0 Å². The normalized spacial score (nSPS) is 33.4. The third-order valence-electron chi connectivity index (χ3n) is 5.81. The summed E-state index contributed by atoms with van der Waals surface area (Å²) < 4.78 is 18.8. The quantitative estimate of drug-likeness (QED) is 0.693. The van der Waals surface area contributed by atoms with E-state index in [1.54, 1.807) is 6.08 Å². The average molecular weight is 334 g/mol. The van der Waals surface area contributed by atoms with Crippen LogP contribution in [0, 0.1) is 11.8 Å². The molecule has 5 nitrogen and oxygen atoms in total. The van der Waals surface area contributed by atoms with Gasteiger partial charge in [-0.2, -0.15) is 0 Å². The van der Waals surface area contributed by atoms with Crippen LogP contribution in [0.5, 0.6) is 11.5 Å². The van der Waals surface area contributed by atoms with E-state index < -0.39 is 23.7 Å². The standard InChI is InChI=1S/C20H14O5/c21-11-7-8-15-19-18(11)12(22)9-16(23-15)20(19)24-13-5-1-3-10-4-2-6-14(25-20)17(10)13/h1-8,15-16,18-19H,9H2/t15-,16+,18?,19+/m0/s1. The largest absolute Gasteiger partial charge is 0.448 e. The lowest BCUT2D eigenvalue weighted by Crippen LogP contribution is -2.64. The minimum Gasteiger partial charge on any atom is -0.448 e. The third-order valence-corrected chi connectivity index (χ3v) is 5.81. The van der Waals surface area contributed by atoms with Crippen molar-refractivity contribution in [3.8, 4) is 11.5 Å². The summed E-state index contributed by atoms with van der Waals surface area (Å²) in [6, 6.07) is 11.7. The summed E-state index contributed by atoms with van der Waals surface area (Å²) in [7, 11) is 0. The second-order valence-electron chi connectivity index (χ2n) is 7.06. The van der Waals surface area contributed by atoms with Gasteiger partial charge in [0.2, 0.25) is 0 Å². The maximum Gasteiger partial charge on any atom is 0.284 e. The van der Waals surface area contributed by atoms with Crippen molar-refractivity contribution in [3.63, 3.8) is 0 Å². The van der Waals surface area contributed by atoms with E-state index in [1.165, 1.54) is 6.08 Å². The Morgan fingerprint density at radius 1 is 1.00 bits per heavy atom. The van der Waals surface area contributed by atoms with Crippen LogP contribution in [0.25, 0.3) is 10.8 Å². The lowest BCUT2D eigenvalue weighted by atomic mass is 9.68. The van der Waals surface area contributed by atoms with Crippen LogP contribution in [-0.4, -0.2) is 29.6 Å². The van der Waals surface area contributed by atoms with Crippen molar-refractivity contribution in [2.24, 2.45) is 11.8 Å². The Balaban J connectivity index is 1.57. The second-order valence-corrected chi connectivity index (χ2v) is 7.06. The molecule has 1 saturated carbocycles. The molecule has 124 valence electrons. The molecule has 0 aromatic heterocycles. The molecule has 2 aliphatic carbocycles. The minimum atomic E-state index is -1.13. The first-order valence-corrected chi connectivity index (χ1v) is 8.47. The highest BCUT2D eigenvalue weighted by Crippen LogP contribution is 2.55. The maximum atomic E-state index is 12.5. The number of hydrogen-bond donors (Lipinski definition) is 0. The van der Waals surface area contributed by atoms with E-state index in [2.05, 4.69) is 0 Å². The van der Waals surface area contributed by atoms with Gasteiger partial charge in [-0.05, 0) is 23.6 Å². The van der Waals surface area contributed by atoms with Crippen molar-refractivity contribution >= 4 is 22.3 Å². The molecular weight excluding hydrogens is 320 g/mol. The summed E-state index contributed by atoms with van der Waals surface area (Å²) in [6.07, 6.45) is 2.46. The molecule has 2 bridgehead atoms. The van der Waals surface area contributed by atoms with Gasteiger partial charge in [-0.1, -0.05) is 30.3 Å². The number of carbonyl (C=O) groups excluding carboxylic acids is 2. The molecule has 1 spiro atoms. The van der Waals surface area contributed by atoms with E-state index in [9.17, 15) is 9.59 Å². The number of carbonyl (C=O) groups is 2. The molecule has 0 N–H and O–H groups in total. The lowest BCUT2D eigenvalue weighted by Gasteiger charge is -2.46. The molecule has 5 heteroatoms. The van der Waals surface area contributed by atoms with Crippen LogP contribution in [0.4, 0.5) is 0 Å². The Bertz CT molecular complexity index is 950. The number of hydrogen-bond acceptors (Lipinski definition) is 5. The Morgan fingerprint density at radius 3 is 2.44 bits per heavy atom. The van der Waals surface area contributed by atoms with Gasteiger partial charge in [-0.3, -0.25) is 9.59 Å². The monoisotopic (exact) mass is 334 g/mol. The van der Waals surface area contributed by atoms with Gasteiger partial charge in [-0.15, -0.1) is 0 Å². The SMILES string of the molecule is O=C1C=C[C@@H]2O[C@@H]3CC(=O)C1[C@@H]2C31Oc2cccc3cccc(c23)O1. The van der Waals surface area contributed by atoms with Crippen LogP contribution >= 0.6 is 0 Å². The summed E-state index contributed by atoms with van der Waals surface area (Å²) >= 11 is 0. The summed E-state index contributed by atoms with van der Waals surface area (Å²) in [4.78, 5) is 24.9. The summed E-state index contributed by atoms with van der Waals surface area (Å²) in [5.41, 5.74) is 0. The highest BCUT2D eigenvalue weighted by molar-refractivity contribution is 6.09. The fourth-order valence-corrected chi connectivity index (χ4v) is 4.80. The van der Waals surface area contributed by atoms with Crippen LogP contribution in [0.3, 0.4) is 0 Å². The van der Waals surface area contributed by atoms with Gasteiger partial charge in [0.15, 0.2) is 5.78 Å². The predicted octanol–water partition coefficient (Wildman–Crippen LogP) is 2.42. The zero-order valence-electron chi connectivity index (χ0n) is 13.2. The van der Waals surface area contributed by atoms with Crippen LogP contribution in [0.15, 0.2) is 48.6 Å². The fourth-order valence-electron chi connectivity index (χ4n) is 4.80. The fraction of sp³-hybridized carbons (Fsp3) is 0.300. The minimum absolute atomic E-state index is 0.0817.